The fraction of sp³-hybridized carbons (Fsp3) is 0.364. The van der Waals surface area contributed by atoms with Crippen LogP contribution in [-0.2, 0) is 4.79 Å². The van der Waals surface area contributed by atoms with E-state index in [1.54, 1.807) is 13.8 Å². The summed E-state index contributed by atoms with van der Waals surface area (Å²) in [6.45, 7) is 3.72. The van der Waals surface area contributed by atoms with Gasteiger partial charge in [0.15, 0.2) is 0 Å². The minimum Gasteiger partial charge on any atom is -0.481 e. The molecule has 0 aliphatic heterocycles. The van der Waals surface area contributed by atoms with Crippen molar-refractivity contribution in [3.05, 3.63) is 25.6 Å². The summed E-state index contributed by atoms with van der Waals surface area (Å²) in [6.07, 6.45) is 0. The molecule has 0 radical (unpaired) electrons. The average molecular weight is 430 g/mol. The molecule has 1 aromatic rings. The van der Waals surface area contributed by atoms with Gasteiger partial charge in [0.25, 0.3) is 0 Å². The molecule has 0 saturated carbocycles. The normalized spacial score (nSPS) is 11.4. The summed E-state index contributed by atoms with van der Waals surface area (Å²) in [6, 6.07) is 3.81. The lowest BCUT2D eigenvalue weighted by Gasteiger charge is -2.21. The van der Waals surface area contributed by atoms with Crippen LogP contribution in [0.2, 0.25) is 0 Å². The third kappa shape index (κ3) is 3.96. The molecule has 0 aliphatic carbocycles. The Morgan fingerprint density at radius 1 is 1.29 bits per heavy atom. The Labute approximate surface area is 125 Å². The summed E-state index contributed by atoms with van der Waals surface area (Å²) in [5.74, 6) is -0.825. The van der Waals surface area contributed by atoms with Gasteiger partial charge in [-0.25, -0.2) is 0 Å². The van der Waals surface area contributed by atoms with Gasteiger partial charge in [0.05, 0.1) is 11.1 Å². The maximum absolute atomic E-state index is 11.0. The van der Waals surface area contributed by atoms with Gasteiger partial charge in [0.1, 0.15) is 0 Å². The van der Waals surface area contributed by atoms with Crippen molar-refractivity contribution < 1.29 is 9.90 Å². The van der Waals surface area contributed by atoms with E-state index in [9.17, 15) is 4.79 Å². The van der Waals surface area contributed by atoms with Gasteiger partial charge in [-0.3, -0.25) is 4.79 Å². The molecule has 0 fully saturated rings. The number of nitrogens with one attached hydrogen (secondary N) is 1. The molecule has 0 aliphatic rings. The van der Waals surface area contributed by atoms with E-state index < -0.39 is 11.4 Å². The molecule has 3 nitrogen and oxygen atoms in total. The van der Waals surface area contributed by atoms with E-state index >= 15 is 0 Å². The Bertz CT molecular complexity index is 423. The molecule has 1 rings (SSSR count). The third-order valence-corrected chi connectivity index (χ3v) is 4.00. The number of benzene rings is 1. The summed E-state index contributed by atoms with van der Waals surface area (Å²) in [4.78, 5) is 11.0. The molecule has 0 spiro atoms. The van der Waals surface area contributed by atoms with Crippen LogP contribution in [0.25, 0.3) is 0 Å². The first kappa shape index (κ1) is 15.0. The second kappa shape index (κ2) is 5.71. The number of carboxylic acid groups (broad SMARTS) is 1. The van der Waals surface area contributed by atoms with Crippen LogP contribution in [0.1, 0.15) is 13.8 Å². The molecule has 0 atom stereocenters. The summed E-state index contributed by atoms with van der Waals surface area (Å²) in [5, 5.41) is 12.2. The molecule has 1 aromatic carbocycles. The lowest BCUT2D eigenvalue weighted by Crippen LogP contribution is -2.31. The number of hydrogen-bond donors (Lipinski definition) is 2. The van der Waals surface area contributed by atoms with Crippen molar-refractivity contribution >= 4 is 59.4 Å². The summed E-state index contributed by atoms with van der Waals surface area (Å²) in [7, 11) is 0. The van der Waals surface area contributed by atoms with Gasteiger partial charge in [-0.2, -0.15) is 0 Å². The first-order chi connectivity index (χ1) is 7.74. The van der Waals surface area contributed by atoms with Crippen LogP contribution in [0.5, 0.6) is 0 Å². The molecule has 0 bridgehead atoms. The van der Waals surface area contributed by atoms with Gasteiger partial charge >= 0.3 is 5.97 Å². The van der Waals surface area contributed by atoms with Crippen molar-refractivity contribution in [1.82, 2.24) is 0 Å². The summed E-state index contributed by atoms with van der Waals surface area (Å²) < 4.78 is 2.69. The minimum atomic E-state index is -0.825. The summed E-state index contributed by atoms with van der Waals surface area (Å²) >= 11 is 10.2. The largest absolute Gasteiger partial charge is 0.481 e. The minimum absolute atomic E-state index is 0.348. The van der Waals surface area contributed by atoms with Crippen LogP contribution in [0.3, 0.4) is 0 Å². The lowest BCUT2D eigenvalue weighted by atomic mass is 9.94. The smallest absolute Gasteiger partial charge is 0.310 e. The molecule has 2 N–H and O–H groups in total. The van der Waals surface area contributed by atoms with Crippen molar-refractivity contribution in [2.45, 2.75) is 13.8 Å². The van der Waals surface area contributed by atoms with Crippen molar-refractivity contribution in [2.24, 2.45) is 5.41 Å². The number of aliphatic carboxylic acids is 1. The average Bonchev–Trinajstić information content (AvgIpc) is 2.15. The molecular formula is C11H12Br3NO2. The van der Waals surface area contributed by atoms with Gasteiger partial charge in [-0.05, 0) is 57.8 Å². The van der Waals surface area contributed by atoms with Crippen LogP contribution in [-0.4, -0.2) is 17.6 Å². The van der Waals surface area contributed by atoms with Crippen LogP contribution >= 0.6 is 47.8 Å². The fourth-order valence-electron chi connectivity index (χ4n) is 1.10. The van der Waals surface area contributed by atoms with Gasteiger partial charge in [0.2, 0.25) is 0 Å². The number of rotatable bonds is 4. The monoisotopic (exact) mass is 427 g/mol. The summed E-state index contributed by atoms with van der Waals surface area (Å²) in [5.41, 5.74) is 0.0360. The van der Waals surface area contributed by atoms with Crippen LogP contribution in [0.15, 0.2) is 25.6 Å². The molecule has 0 saturated heterocycles. The highest BCUT2D eigenvalue weighted by Crippen LogP contribution is 2.35. The highest BCUT2D eigenvalue weighted by atomic mass is 79.9. The highest BCUT2D eigenvalue weighted by Gasteiger charge is 2.27. The highest BCUT2D eigenvalue weighted by molar-refractivity contribution is 9.11. The zero-order valence-electron chi connectivity index (χ0n) is 9.35. The fourth-order valence-corrected chi connectivity index (χ4v) is 3.64. The van der Waals surface area contributed by atoms with E-state index in [-0.39, 0.29) is 0 Å². The number of carbonyl (C=O) groups is 1. The van der Waals surface area contributed by atoms with Crippen LogP contribution in [0.4, 0.5) is 5.69 Å². The van der Waals surface area contributed by atoms with E-state index in [1.807, 2.05) is 12.1 Å². The molecule has 0 amide bonds. The van der Waals surface area contributed by atoms with Crippen molar-refractivity contribution in [3.8, 4) is 0 Å². The second-order valence-corrected chi connectivity index (χ2v) is 6.91. The van der Waals surface area contributed by atoms with Gasteiger partial charge in [-0.1, -0.05) is 15.9 Å². The Morgan fingerprint density at radius 2 is 1.76 bits per heavy atom. The molecule has 0 heterocycles. The first-order valence-electron chi connectivity index (χ1n) is 4.86. The Balaban J connectivity index is 2.87. The Kier molecular flexibility index (Phi) is 5.04. The zero-order valence-corrected chi connectivity index (χ0v) is 14.1. The SMILES string of the molecule is CC(C)(CNc1c(Br)cc(Br)cc1Br)C(=O)O. The number of carboxylic acids is 1. The molecule has 6 heteroatoms. The maximum atomic E-state index is 11.0. The van der Waals surface area contributed by atoms with E-state index in [2.05, 4.69) is 53.1 Å². The predicted octanol–water partition coefficient (Wildman–Crippen LogP) is 4.50. The Morgan fingerprint density at radius 3 is 2.18 bits per heavy atom. The third-order valence-electron chi connectivity index (χ3n) is 2.29. The molecule has 0 unspecified atom stereocenters. The quantitative estimate of drug-likeness (QED) is 0.741. The van der Waals surface area contributed by atoms with Crippen LogP contribution in [0, 0.1) is 5.41 Å². The van der Waals surface area contributed by atoms with Gasteiger partial charge in [-0.15, -0.1) is 0 Å². The molecule has 17 heavy (non-hydrogen) atoms. The standard InChI is InChI=1S/C11H12Br3NO2/c1-11(2,10(16)17)5-15-9-7(13)3-6(12)4-8(9)14/h3-4,15H,5H2,1-2H3,(H,16,17). The molecular weight excluding hydrogens is 418 g/mol. The van der Waals surface area contributed by atoms with Gasteiger partial charge in [0, 0.05) is 20.0 Å². The Hall–Kier alpha value is -0.0700. The van der Waals surface area contributed by atoms with E-state index in [0.717, 1.165) is 19.1 Å². The predicted molar refractivity (Wildman–Crippen MR) is 79.4 cm³/mol. The maximum Gasteiger partial charge on any atom is 0.310 e. The second-order valence-electron chi connectivity index (χ2n) is 4.29. The van der Waals surface area contributed by atoms with Crippen LogP contribution < -0.4 is 5.32 Å². The zero-order chi connectivity index (χ0) is 13.2. The topological polar surface area (TPSA) is 49.3 Å². The molecule has 0 aromatic heterocycles. The number of halogens is 3. The molecule has 94 valence electrons. The van der Waals surface area contributed by atoms with E-state index in [0.29, 0.717) is 6.54 Å². The van der Waals surface area contributed by atoms with E-state index in [4.69, 9.17) is 5.11 Å². The number of anilines is 1. The van der Waals surface area contributed by atoms with Crippen molar-refractivity contribution in [2.75, 3.05) is 11.9 Å². The van der Waals surface area contributed by atoms with Crippen molar-refractivity contribution in [3.63, 3.8) is 0 Å². The first-order valence-corrected chi connectivity index (χ1v) is 7.24. The number of hydrogen-bond acceptors (Lipinski definition) is 2. The lowest BCUT2D eigenvalue weighted by molar-refractivity contribution is -0.146. The van der Waals surface area contributed by atoms with E-state index in [1.165, 1.54) is 0 Å². The van der Waals surface area contributed by atoms with Crippen molar-refractivity contribution in [1.29, 1.82) is 0 Å². The van der Waals surface area contributed by atoms with Gasteiger partial charge < -0.3 is 10.4 Å².